The molecule has 2 aromatic rings. The summed E-state index contributed by atoms with van der Waals surface area (Å²) in [6.07, 6.45) is 6.60. The summed E-state index contributed by atoms with van der Waals surface area (Å²) in [7, 11) is 3.91. The number of carbonyl (C=O) groups is 2. The Morgan fingerprint density at radius 2 is 2.00 bits per heavy atom. The first-order valence-electron chi connectivity index (χ1n) is 9.59. The molecule has 3 rings (SSSR count). The highest BCUT2D eigenvalue weighted by Gasteiger charge is 2.22. The highest BCUT2D eigenvalue weighted by atomic mass is 16.3. The Bertz CT molecular complexity index is 819. The van der Waals surface area contributed by atoms with Crippen molar-refractivity contribution in [2.45, 2.75) is 12.8 Å². The van der Waals surface area contributed by atoms with Gasteiger partial charge in [-0.05, 0) is 55.2 Å². The summed E-state index contributed by atoms with van der Waals surface area (Å²) in [5.41, 5.74) is 1.67. The lowest BCUT2D eigenvalue weighted by molar-refractivity contribution is -0.127. The van der Waals surface area contributed by atoms with E-state index >= 15 is 0 Å². The molecule has 0 radical (unpaired) electrons. The zero-order valence-electron chi connectivity index (χ0n) is 16.4. The Morgan fingerprint density at radius 3 is 2.68 bits per heavy atom. The normalized spacial score (nSPS) is 15.0. The van der Waals surface area contributed by atoms with Crippen LogP contribution in [0.1, 0.15) is 29.0 Å². The number of likely N-dealkylation sites (tertiary alicyclic amines) is 1. The van der Waals surface area contributed by atoms with Gasteiger partial charge in [0.15, 0.2) is 0 Å². The van der Waals surface area contributed by atoms with E-state index in [0.29, 0.717) is 36.9 Å². The number of benzene rings is 1. The third-order valence-corrected chi connectivity index (χ3v) is 5.04. The van der Waals surface area contributed by atoms with E-state index in [2.05, 4.69) is 5.32 Å². The van der Waals surface area contributed by atoms with Crippen molar-refractivity contribution in [2.75, 3.05) is 38.6 Å². The van der Waals surface area contributed by atoms with Crippen LogP contribution in [0.15, 0.2) is 53.2 Å². The van der Waals surface area contributed by atoms with Crippen molar-refractivity contribution in [1.29, 1.82) is 0 Å². The van der Waals surface area contributed by atoms with Crippen molar-refractivity contribution in [3.8, 4) is 0 Å². The van der Waals surface area contributed by atoms with E-state index in [1.54, 1.807) is 24.5 Å². The molecule has 148 valence electrons. The lowest BCUT2D eigenvalue weighted by Crippen LogP contribution is -2.41. The van der Waals surface area contributed by atoms with E-state index < -0.39 is 0 Å². The summed E-state index contributed by atoms with van der Waals surface area (Å²) in [4.78, 5) is 28.5. The molecule has 1 aliphatic heterocycles. The second-order valence-corrected chi connectivity index (χ2v) is 7.27. The Morgan fingerprint density at radius 1 is 1.21 bits per heavy atom. The fourth-order valence-corrected chi connectivity index (χ4v) is 3.27. The molecule has 6 nitrogen and oxygen atoms in total. The Labute approximate surface area is 165 Å². The molecule has 1 aliphatic rings. The number of hydrogen-bond donors (Lipinski definition) is 1. The van der Waals surface area contributed by atoms with Crippen molar-refractivity contribution in [3.05, 3.63) is 60.1 Å². The van der Waals surface area contributed by atoms with E-state index in [4.69, 9.17) is 4.42 Å². The van der Waals surface area contributed by atoms with Gasteiger partial charge in [0, 0.05) is 51.1 Å². The van der Waals surface area contributed by atoms with Gasteiger partial charge in [-0.1, -0.05) is 6.07 Å². The smallest absolute Gasteiger partial charge is 0.251 e. The molecule has 0 bridgehead atoms. The van der Waals surface area contributed by atoms with Gasteiger partial charge >= 0.3 is 0 Å². The molecule has 6 heteroatoms. The van der Waals surface area contributed by atoms with Crippen molar-refractivity contribution in [2.24, 2.45) is 5.92 Å². The van der Waals surface area contributed by atoms with Crippen LogP contribution in [-0.4, -0.2) is 50.4 Å². The molecule has 0 atom stereocenters. The first-order chi connectivity index (χ1) is 13.5. The number of nitrogens with zero attached hydrogens (tertiary/aromatic N) is 2. The minimum absolute atomic E-state index is 0.000569. The van der Waals surface area contributed by atoms with E-state index in [-0.39, 0.29) is 11.8 Å². The van der Waals surface area contributed by atoms with E-state index in [1.807, 2.05) is 54.2 Å². The maximum atomic E-state index is 12.4. The molecule has 1 N–H and O–H groups in total. The monoisotopic (exact) mass is 381 g/mol. The van der Waals surface area contributed by atoms with Gasteiger partial charge in [0.2, 0.25) is 5.91 Å². The molecule has 1 saturated heterocycles. The summed E-state index contributed by atoms with van der Waals surface area (Å²) in [5.74, 6) is 1.01. The third-order valence-electron chi connectivity index (χ3n) is 5.04. The van der Waals surface area contributed by atoms with Crippen molar-refractivity contribution in [1.82, 2.24) is 10.2 Å². The van der Waals surface area contributed by atoms with Gasteiger partial charge < -0.3 is 19.5 Å². The molecule has 0 unspecified atom stereocenters. The van der Waals surface area contributed by atoms with Gasteiger partial charge in [0.05, 0.1) is 6.26 Å². The Kier molecular flexibility index (Phi) is 6.53. The number of carbonyl (C=O) groups excluding carboxylic acids is 2. The van der Waals surface area contributed by atoms with Crippen LogP contribution in [0, 0.1) is 5.92 Å². The summed E-state index contributed by atoms with van der Waals surface area (Å²) in [6.45, 7) is 2.05. The molecule has 1 aromatic heterocycles. The lowest BCUT2D eigenvalue weighted by atomic mass is 9.96. The van der Waals surface area contributed by atoms with Crippen molar-refractivity contribution < 1.29 is 14.0 Å². The minimum atomic E-state index is -0.0522. The first-order valence-corrected chi connectivity index (χ1v) is 9.59. The number of anilines is 1. The molecular formula is C22H27N3O3. The van der Waals surface area contributed by atoms with Crippen molar-refractivity contribution >= 4 is 23.6 Å². The minimum Gasteiger partial charge on any atom is -0.465 e. The second kappa shape index (κ2) is 9.26. The number of nitrogens with one attached hydrogen (secondary N) is 1. The molecule has 0 aliphatic carbocycles. The summed E-state index contributed by atoms with van der Waals surface area (Å²) in [6, 6.07) is 11.2. The summed E-state index contributed by atoms with van der Waals surface area (Å²) >= 11 is 0. The molecule has 1 fully saturated rings. The molecule has 2 heterocycles. The van der Waals surface area contributed by atoms with Gasteiger partial charge in [-0.15, -0.1) is 0 Å². The maximum Gasteiger partial charge on any atom is 0.251 e. The van der Waals surface area contributed by atoms with Crippen LogP contribution < -0.4 is 10.2 Å². The third kappa shape index (κ3) is 5.25. The fraction of sp³-hybridized carbons (Fsp3) is 0.364. The number of furan rings is 1. The van der Waals surface area contributed by atoms with Crippen LogP contribution in [0.25, 0.3) is 6.08 Å². The molecule has 1 aromatic carbocycles. The van der Waals surface area contributed by atoms with Gasteiger partial charge in [0.25, 0.3) is 5.91 Å². The molecule has 0 saturated carbocycles. The Hall–Kier alpha value is -3.02. The largest absolute Gasteiger partial charge is 0.465 e. The molecule has 28 heavy (non-hydrogen) atoms. The number of rotatable bonds is 6. The summed E-state index contributed by atoms with van der Waals surface area (Å²) in [5, 5.41) is 3.04. The van der Waals surface area contributed by atoms with Crippen LogP contribution in [0.2, 0.25) is 0 Å². The number of amides is 2. The van der Waals surface area contributed by atoms with E-state index in [1.165, 1.54) is 0 Å². The average Bonchev–Trinajstić information content (AvgIpc) is 3.24. The number of piperidine rings is 1. The highest BCUT2D eigenvalue weighted by Crippen LogP contribution is 2.18. The van der Waals surface area contributed by atoms with Gasteiger partial charge in [-0.25, -0.2) is 0 Å². The van der Waals surface area contributed by atoms with E-state index in [9.17, 15) is 9.59 Å². The standard InChI is InChI=1S/C22H27N3O3/c1-24(2)19-6-3-5-18(15-19)22(27)23-16-17-10-12-25(13-11-17)21(26)9-8-20-7-4-14-28-20/h3-9,14-15,17H,10-13,16H2,1-2H3,(H,23,27)/b9-8+. The molecule has 0 spiro atoms. The predicted molar refractivity (Wildman–Crippen MR) is 110 cm³/mol. The van der Waals surface area contributed by atoms with Gasteiger partial charge in [0.1, 0.15) is 5.76 Å². The molecular weight excluding hydrogens is 354 g/mol. The first kappa shape index (κ1) is 19.7. The summed E-state index contributed by atoms with van der Waals surface area (Å²) < 4.78 is 5.20. The van der Waals surface area contributed by atoms with Crippen LogP contribution in [0.3, 0.4) is 0 Å². The SMILES string of the molecule is CN(C)c1cccc(C(=O)NCC2CCN(C(=O)/C=C/c3ccco3)CC2)c1. The van der Waals surface area contributed by atoms with Crippen LogP contribution in [-0.2, 0) is 4.79 Å². The maximum absolute atomic E-state index is 12.4. The average molecular weight is 381 g/mol. The fourth-order valence-electron chi connectivity index (χ4n) is 3.27. The second-order valence-electron chi connectivity index (χ2n) is 7.27. The lowest BCUT2D eigenvalue weighted by Gasteiger charge is -2.31. The van der Waals surface area contributed by atoms with Gasteiger partial charge in [-0.2, -0.15) is 0 Å². The topological polar surface area (TPSA) is 65.8 Å². The zero-order chi connectivity index (χ0) is 19.9. The van der Waals surface area contributed by atoms with Crippen LogP contribution >= 0.6 is 0 Å². The van der Waals surface area contributed by atoms with Crippen molar-refractivity contribution in [3.63, 3.8) is 0 Å². The quantitative estimate of drug-likeness (QED) is 0.781. The van der Waals surface area contributed by atoms with Gasteiger partial charge in [-0.3, -0.25) is 9.59 Å². The number of hydrogen-bond acceptors (Lipinski definition) is 4. The Balaban J connectivity index is 1.43. The van der Waals surface area contributed by atoms with Crippen LogP contribution in [0.5, 0.6) is 0 Å². The van der Waals surface area contributed by atoms with E-state index in [0.717, 1.165) is 18.5 Å². The molecule has 2 amide bonds. The zero-order valence-corrected chi connectivity index (χ0v) is 16.4. The highest BCUT2D eigenvalue weighted by molar-refractivity contribution is 5.95. The van der Waals surface area contributed by atoms with Crippen LogP contribution in [0.4, 0.5) is 5.69 Å². The predicted octanol–water partition coefficient (Wildman–Crippen LogP) is 3.03.